The number of rotatable bonds is 3. The van der Waals surface area contributed by atoms with E-state index in [1.165, 1.54) is 6.07 Å². The van der Waals surface area contributed by atoms with E-state index in [2.05, 4.69) is 0 Å². The van der Waals surface area contributed by atoms with E-state index < -0.39 is 11.7 Å². The summed E-state index contributed by atoms with van der Waals surface area (Å²) < 4.78 is 5.24. The molecule has 0 amide bonds. The Labute approximate surface area is 120 Å². The van der Waals surface area contributed by atoms with Crippen molar-refractivity contribution in [2.24, 2.45) is 0 Å². The van der Waals surface area contributed by atoms with Crippen LogP contribution in [-0.4, -0.2) is 5.78 Å². The van der Waals surface area contributed by atoms with Crippen LogP contribution in [0, 0.1) is 18.3 Å². The maximum absolute atomic E-state index is 12.2. The summed E-state index contributed by atoms with van der Waals surface area (Å²) in [6.45, 7) is 1.73. The van der Waals surface area contributed by atoms with E-state index in [9.17, 15) is 10.1 Å². The normalized spacial score (nSPS) is 11.9. The van der Waals surface area contributed by atoms with Gasteiger partial charge in [0.05, 0.1) is 6.07 Å². The van der Waals surface area contributed by atoms with Gasteiger partial charge in [-0.15, -0.1) is 0 Å². The van der Waals surface area contributed by atoms with Crippen LogP contribution in [0.1, 0.15) is 27.8 Å². The number of hydrogen-bond donors (Lipinski definition) is 0. The zero-order valence-electron chi connectivity index (χ0n) is 9.98. The number of carbonyl (C=O) groups is 1. The Morgan fingerprint density at radius 1 is 1.32 bits per heavy atom. The van der Waals surface area contributed by atoms with Crippen LogP contribution in [-0.2, 0) is 0 Å². The van der Waals surface area contributed by atoms with E-state index >= 15 is 0 Å². The quantitative estimate of drug-likeness (QED) is 0.789. The van der Waals surface area contributed by atoms with E-state index in [0.717, 1.165) is 0 Å². The van der Waals surface area contributed by atoms with Gasteiger partial charge in [-0.1, -0.05) is 29.3 Å². The first-order valence-corrected chi connectivity index (χ1v) is 6.23. The lowest BCUT2D eigenvalue weighted by atomic mass is 9.95. The monoisotopic (exact) mass is 293 g/mol. The van der Waals surface area contributed by atoms with Gasteiger partial charge in [-0.3, -0.25) is 4.79 Å². The van der Waals surface area contributed by atoms with Crippen LogP contribution in [0.25, 0.3) is 0 Å². The summed E-state index contributed by atoms with van der Waals surface area (Å²) in [5, 5.41) is 9.95. The molecule has 0 aliphatic rings. The van der Waals surface area contributed by atoms with E-state index in [-0.39, 0.29) is 10.8 Å². The van der Waals surface area contributed by atoms with E-state index in [1.807, 2.05) is 6.07 Å². The molecule has 1 aromatic heterocycles. The third-order valence-electron chi connectivity index (χ3n) is 2.65. The van der Waals surface area contributed by atoms with Gasteiger partial charge in [0.25, 0.3) is 0 Å². The maximum atomic E-state index is 12.2. The van der Waals surface area contributed by atoms with Gasteiger partial charge in [-0.25, -0.2) is 0 Å². The zero-order valence-corrected chi connectivity index (χ0v) is 11.5. The van der Waals surface area contributed by atoms with Crippen molar-refractivity contribution in [3.63, 3.8) is 0 Å². The van der Waals surface area contributed by atoms with Gasteiger partial charge in [0, 0.05) is 10.0 Å². The highest BCUT2D eigenvalue weighted by Crippen LogP contribution is 2.30. The largest absolute Gasteiger partial charge is 0.458 e. The first kappa shape index (κ1) is 13.7. The molecule has 96 valence electrons. The molecule has 1 heterocycles. The Morgan fingerprint density at radius 3 is 2.58 bits per heavy atom. The number of ketones is 1. The lowest BCUT2D eigenvalue weighted by Crippen LogP contribution is -2.11. The fraction of sp³-hybridized carbons (Fsp3) is 0.143. The Morgan fingerprint density at radius 2 is 2.05 bits per heavy atom. The van der Waals surface area contributed by atoms with Crippen molar-refractivity contribution in [2.75, 3.05) is 0 Å². The Hall–Kier alpha value is -1.76. The molecule has 0 aliphatic carbocycles. The van der Waals surface area contributed by atoms with Crippen LogP contribution in [0.15, 0.2) is 34.7 Å². The van der Waals surface area contributed by atoms with Crippen molar-refractivity contribution in [2.45, 2.75) is 12.8 Å². The van der Waals surface area contributed by atoms with Crippen LogP contribution in [0.4, 0.5) is 0 Å². The van der Waals surface area contributed by atoms with Gasteiger partial charge in [-0.2, -0.15) is 5.26 Å². The van der Waals surface area contributed by atoms with Crippen LogP contribution in [0.3, 0.4) is 0 Å². The highest BCUT2D eigenvalue weighted by atomic mass is 35.5. The van der Waals surface area contributed by atoms with Gasteiger partial charge in [-0.05, 0) is 36.8 Å². The Kier molecular flexibility index (Phi) is 3.94. The predicted octanol–water partition coefficient (Wildman–Crippen LogP) is 4.38. The first-order valence-electron chi connectivity index (χ1n) is 5.48. The summed E-state index contributed by atoms with van der Waals surface area (Å²) in [6, 6.07) is 9.84. The highest BCUT2D eigenvalue weighted by Gasteiger charge is 2.26. The molecule has 1 atom stereocenters. The number of halogens is 2. The Balaban J connectivity index is 2.40. The fourth-order valence-electron chi connectivity index (χ4n) is 1.71. The molecule has 3 nitrogen and oxygen atoms in total. The standard InChI is InChI=1S/C14H9Cl2NO2/c1-8-2-5-13(19-8)14(18)11(7-17)10-4-3-9(15)6-12(10)16/h2-6,11H,1H3. The van der Waals surface area contributed by atoms with Crippen molar-refractivity contribution in [1.29, 1.82) is 5.26 Å². The molecule has 0 aliphatic heterocycles. The second kappa shape index (κ2) is 5.48. The topological polar surface area (TPSA) is 54.0 Å². The summed E-state index contributed by atoms with van der Waals surface area (Å²) in [5.41, 5.74) is 0.424. The molecule has 1 aromatic carbocycles. The fourth-order valence-corrected chi connectivity index (χ4v) is 2.23. The maximum Gasteiger partial charge on any atom is 0.219 e. The summed E-state index contributed by atoms with van der Waals surface area (Å²) >= 11 is 11.8. The molecule has 2 aromatic rings. The molecule has 0 N–H and O–H groups in total. The third kappa shape index (κ3) is 2.81. The number of nitriles is 1. The highest BCUT2D eigenvalue weighted by molar-refractivity contribution is 6.35. The molecule has 0 fully saturated rings. The SMILES string of the molecule is Cc1ccc(C(=O)C(C#N)c2ccc(Cl)cc2Cl)o1. The van der Waals surface area contributed by atoms with E-state index in [1.54, 1.807) is 31.2 Å². The molecule has 0 radical (unpaired) electrons. The molecule has 0 saturated carbocycles. The number of Topliss-reactive ketones (excluding diaryl/α,β-unsaturated/α-hetero) is 1. The van der Waals surface area contributed by atoms with Gasteiger partial charge in [0.1, 0.15) is 11.7 Å². The molecule has 5 heteroatoms. The number of carbonyl (C=O) groups excluding carboxylic acids is 1. The Bertz CT molecular complexity index is 670. The second-order valence-corrected chi connectivity index (χ2v) is 4.85. The zero-order chi connectivity index (χ0) is 14.0. The third-order valence-corrected chi connectivity index (χ3v) is 3.21. The lowest BCUT2D eigenvalue weighted by molar-refractivity contribution is 0.0950. The van der Waals surface area contributed by atoms with E-state index in [0.29, 0.717) is 16.3 Å². The average molecular weight is 294 g/mol. The molecule has 0 saturated heterocycles. The summed E-state index contributed by atoms with van der Waals surface area (Å²) in [7, 11) is 0. The molecule has 19 heavy (non-hydrogen) atoms. The van der Waals surface area contributed by atoms with Crippen LogP contribution >= 0.6 is 23.2 Å². The number of aryl methyl sites for hydroxylation is 1. The molecule has 0 spiro atoms. The minimum Gasteiger partial charge on any atom is -0.458 e. The predicted molar refractivity (Wildman–Crippen MR) is 72.6 cm³/mol. The minimum atomic E-state index is -1.00. The van der Waals surface area contributed by atoms with Crippen molar-refractivity contribution < 1.29 is 9.21 Å². The number of benzene rings is 1. The van der Waals surface area contributed by atoms with Gasteiger partial charge >= 0.3 is 0 Å². The van der Waals surface area contributed by atoms with Gasteiger partial charge in [0.15, 0.2) is 5.76 Å². The molecule has 1 unspecified atom stereocenters. The van der Waals surface area contributed by atoms with Crippen molar-refractivity contribution >= 4 is 29.0 Å². The second-order valence-electron chi connectivity index (χ2n) is 4.00. The summed E-state index contributed by atoms with van der Waals surface area (Å²) in [5.74, 6) is -0.660. The molecule has 0 bridgehead atoms. The van der Waals surface area contributed by atoms with Crippen LogP contribution < -0.4 is 0 Å². The van der Waals surface area contributed by atoms with Gasteiger partial charge in [0.2, 0.25) is 5.78 Å². The number of furan rings is 1. The smallest absolute Gasteiger partial charge is 0.219 e. The van der Waals surface area contributed by atoms with Crippen LogP contribution in [0.2, 0.25) is 10.0 Å². The van der Waals surface area contributed by atoms with Crippen molar-refractivity contribution in [3.8, 4) is 6.07 Å². The van der Waals surface area contributed by atoms with E-state index in [4.69, 9.17) is 27.6 Å². The first-order chi connectivity index (χ1) is 9.02. The van der Waals surface area contributed by atoms with Gasteiger partial charge < -0.3 is 4.42 Å². The van der Waals surface area contributed by atoms with Crippen LogP contribution in [0.5, 0.6) is 0 Å². The molecular weight excluding hydrogens is 285 g/mol. The average Bonchev–Trinajstić information content (AvgIpc) is 2.79. The summed E-state index contributed by atoms with van der Waals surface area (Å²) in [4.78, 5) is 12.2. The number of hydrogen-bond acceptors (Lipinski definition) is 3. The van der Waals surface area contributed by atoms with Crippen molar-refractivity contribution in [3.05, 3.63) is 57.5 Å². The summed E-state index contributed by atoms with van der Waals surface area (Å²) in [6.07, 6.45) is 0. The minimum absolute atomic E-state index is 0.148. The van der Waals surface area contributed by atoms with Crippen molar-refractivity contribution in [1.82, 2.24) is 0 Å². The number of nitrogens with zero attached hydrogens (tertiary/aromatic N) is 1. The molecule has 2 rings (SSSR count). The lowest BCUT2D eigenvalue weighted by Gasteiger charge is -2.09. The molecular formula is C14H9Cl2NO2.